The highest BCUT2D eigenvalue weighted by Gasteiger charge is 2.21. The second-order valence-corrected chi connectivity index (χ2v) is 5.46. The monoisotopic (exact) mass is 324 g/mol. The molecule has 1 heterocycles. The molecule has 1 aromatic carbocycles. The Kier molecular flexibility index (Phi) is 3.56. The molecule has 1 aliphatic rings. The van der Waals surface area contributed by atoms with E-state index in [1.807, 2.05) is 0 Å². The van der Waals surface area contributed by atoms with Crippen LogP contribution in [0.3, 0.4) is 0 Å². The molecule has 1 fully saturated rings. The van der Waals surface area contributed by atoms with Crippen LogP contribution in [0.15, 0.2) is 18.2 Å². The van der Waals surface area contributed by atoms with Crippen LogP contribution in [0.5, 0.6) is 0 Å². The molecule has 0 radical (unpaired) electrons. The Balaban J connectivity index is 2.15. The molecule has 15 heavy (non-hydrogen) atoms. The Bertz CT molecular complexity index is 328. The summed E-state index contributed by atoms with van der Waals surface area (Å²) in [6.45, 7) is 0.656. The molecular weight excluding hydrogens is 313 g/mol. The predicted molar refractivity (Wildman–Crippen MR) is 62.1 cm³/mol. The number of alkyl halides is 1. The van der Waals surface area contributed by atoms with Gasteiger partial charge in [0.05, 0.1) is 12.7 Å². The molecule has 82 valence electrons. The fourth-order valence-electron chi connectivity index (χ4n) is 1.74. The molecular formula is C11H11F2IO. The summed E-state index contributed by atoms with van der Waals surface area (Å²) in [5, 5.41) is 0. The Labute approximate surface area is 101 Å². The van der Waals surface area contributed by atoms with Crippen LogP contribution in [-0.2, 0) is 4.74 Å². The molecule has 0 aromatic heterocycles. The highest BCUT2D eigenvalue weighted by molar-refractivity contribution is 14.1. The third-order valence-corrected chi connectivity index (χ3v) is 3.46. The molecule has 4 heteroatoms. The number of hydrogen-bond donors (Lipinski definition) is 0. The maximum absolute atomic E-state index is 13.0. The van der Waals surface area contributed by atoms with Gasteiger partial charge in [-0.15, -0.1) is 0 Å². The van der Waals surface area contributed by atoms with Crippen LogP contribution in [0.2, 0.25) is 0 Å². The highest BCUT2D eigenvalue weighted by Crippen LogP contribution is 2.31. The van der Waals surface area contributed by atoms with Crippen molar-refractivity contribution in [3.05, 3.63) is 35.4 Å². The van der Waals surface area contributed by atoms with E-state index in [0.29, 0.717) is 16.1 Å². The van der Waals surface area contributed by atoms with Crippen molar-refractivity contribution in [3.63, 3.8) is 0 Å². The van der Waals surface area contributed by atoms with Crippen molar-refractivity contribution in [1.82, 2.24) is 0 Å². The maximum atomic E-state index is 13.0. The molecule has 0 amide bonds. The largest absolute Gasteiger partial charge is 0.372 e. The van der Waals surface area contributed by atoms with Gasteiger partial charge in [-0.05, 0) is 30.5 Å². The van der Waals surface area contributed by atoms with Crippen LogP contribution in [0, 0.1) is 11.6 Å². The van der Waals surface area contributed by atoms with Crippen LogP contribution in [0.4, 0.5) is 8.78 Å². The predicted octanol–water partition coefficient (Wildman–Crippen LogP) is 3.62. The fourth-order valence-corrected chi connectivity index (χ4v) is 2.31. The first-order valence-electron chi connectivity index (χ1n) is 4.87. The van der Waals surface area contributed by atoms with Crippen molar-refractivity contribution < 1.29 is 13.5 Å². The number of halogens is 3. The zero-order valence-corrected chi connectivity index (χ0v) is 10.2. The van der Waals surface area contributed by atoms with E-state index in [0.717, 1.165) is 18.9 Å². The molecule has 0 aliphatic carbocycles. The molecule has 2 rings (SSSR count). The number of ether oxygens (including phenoxy) is 1. The lowest BCUT2D eigenvalue weighted by Gasteiger charge is -2.26. The average molecular weight is 324 g/mol. The van der Waals surface area contributed by atoms with Gasteiger partial charge in [-0.2, -0.15) is 0 Å². The molecule has 1 aromatic rings. The fraction of sp³-hybridized carbons (Fsp3) is 0.455. The van der Waals surface area contributed by atoms with Crippen molar-refractivity contribution in [2.75, 3.05) is 6.61 Å². The third-order valence-electron chi connectivity index (χ3n) is 2.48. The van der Waals surface area contributed by atoms with E-state index in [4.69, 9.17) is 4.74 Å². The van der Waals surface area contributed by atoms with Gasteiger partial charge in [-0.3, -0.25) is 0 Å². The summed E-state index contributed by atoms with van der Waals surface area (Å²) < 4.78 is 32.0. The van der Waals surface area contributed by atoms with Gasteiger partial charge in [0.1, 0.15) is 11.6 Å². The van der Waals surface area contributed by atoms with Crippen LogP contribution in [0.1, 0.15) is 24.5 Å². The topological polar surface area (TPSA) is 9.23 Å². The van der Waals surface area contributed by atoms with Gasteiger partial charge < -0.3 is 4.74 Å². The van der Waals surface area contributed by atoms with Gasteiger partial charge in [0.15, 0.2) is 0 Å². The average Bonchev–Trinajstić information content (AvgIpc) is 2.17. The first-order chi connectivity index (χ1) is 7.15. The Morgan fingerprint density at radius 2 is 1.80 bits per heavy atom. The van der Waals surface area contributed by atoms with Crippen molar-refractivity contribution in [2.24, 2.45) is 0 Å². The molecule has 2 unspecified atom stereocenters. The summed E-state index contributed by atoms with van der Waals surface area (Å²) in [6.07, 6.45) is 1.71. The van der Waals surface area contributed by atoms with E-state index in [9.17, 15) is 8.78 Å². The first-order valence-corrected chi connectivity index (χ1v) is 6.11. The van der Waals surface area contributed by atoms with Crippen molar-refractivity contribution in [1.29, 1.82) is 0 Å². The molecule has 0 spiro atoms. The van der Waals surface area contributed by atoms with Crippen LogP contribution < -0.4 is 0 Å². The van der Waals surface area contributed by atoms with Gasteiger partial charge in [-0.1, -0.05) is 22.6 Å². The maximum Gasteiger partial charge on any atom is 0.126 e. The Morgan fingerprint density at radius 3 is 2.33 bits per heavy atom. The van der Waals surface area contributed by atoms with Crippen molar-refractivity contribution in [3.8, 4) is 0 Å². The summed E-state index contributed by atoms with van der Waals surface area (Å²) in [7, 11) is 0. The Morgan fingerprint density at radius 1 is 1.13 bits per heavy atom. The lowest BCUT2D eigenvalue weighted by atomic mass is 10.0. The molecule has 0 bridgehead atoms. The normalized spacial score (nSPS) is 26.6. The highest BCUT2D eigenvalue weighted by atomic mass is 127. The molecule has 0 saturated carbocycles. The number of hydrogen-bond acceptors (Lipinski definition) is 1. The van der Waals surface area contributed by atoms with Crippen molar-refractivity contribution in [2.45, 2.75) is 22.9 Å². The van der Waals surface area contributed by atoms with E-state index in [-0.39, 0.29) is 6.10 Å². The van der Waals surface area contributed by atoms with E-state index < -0.39 is 11.6 Å². The number of rotatable bonds is 1. The molecule has 0 N–H and O–H groups in total. The molecule has 1 nitrogen and oxygen atoms in total. The van der Waals surface area contributed by atoms with Gasteiger partial charge in [0, 0.05) is 9.99 Å². The van der Waals surface area contributed by atoms with Crippen molar-refractivity contribution >= 4 is 22.6 Å². The smallest absolute Gasteiger partial charge is 0.126 e. The van der Waals surface area contributed by atoms with E-state index >= 15 is 0 Å². The summed E-state index contributed by atoms with van der Waals surface area (Å²) in [5.41, 5.74) is 0.607. The second-order valence-electron chi connectivity index (χ2n) is 3.70. The zero-order chi connectivity index (χ0) is 10.8. The summed E-state index contributed by atoms with van der Waals surface area (Å²) in [4.78, 5) is 0. The van der Waals surface area contributed by atoms with Gasteiger partial charge in [0.25, 0.3) is 0 Å². The summed E-state index contributed by atoms with van der Waals surface area (Å²) in [5.74, 6) is -1.07. The zero-order valence-electron chi connectivity index (χ0n) is 8.05. The van der Waals surface area contributed by atoms with E-state index in [2.05, 4.69) is 22.6 Å². The molecule has 1 aliphatic heterocycles. The lowest BCUT2D eigenvalue weighted by molar-refractivity contribution is 0.0211. The third kappa shape index (κ3) is 2.87. The lowest BCUT2D eigenvalue weighted by Crippen LogP contribution is -2.20. The van der Waals surface area contributed by atoms with Crippen LogP contribution in [-0.4, -0.2) is 10.5 Å². The van der Waals surface area contributed by atoms with Crippen LogP contribution >= 0.6 is 22.6 Å². The Hall–Kier alpha value is -0.230. The molecule has 2 atom stereocenters. The second kappa shape index (κ2) is 4.74. The minimum absolute atomic E-state index is 0.152. The van der Waals surface area contributed by atoms with Crippen LogP contribution in [0.25, 0.3) is 0 Å². The quantitative estimate of drug-likeness (QED) is 0.566. The van der Waals surface area contributed by atoms with E-state index in [1.54, 1.807) is 0 Å². The van der Waals surface area contributed by atoms with Gasteiger partial charge in [-0.25, -0.2) is 8.78 Å². The summed E-state index contributed by atoms with van der Waals surface area (Å²) >= 11 is 2.33. The van der Waals surface area contributed by atoms with Gasteiger partial charge in [0.2, 0.25) is 0 Å². The SMILES string of the molecule is Fc1cc(F)cc(C2CCC(I)CO2)c1. The standard InChI is InChI=1S/C11H11F2IO/c12-8-3-7(4-9(13)5-8)11-2-1-10(14)6-15-11/h3-5,10-11H,1-2,6H2. The van der Waals surface area contributed by atoms with E-state index in [1.165, 1.54) is 12.1 Å². The minimum Gasteiger partial charge on any atom is -0.372 e. The first kappa shape index (κ1) is 11.3. The summed E-state index contributed by atoms with van der Waals surface area (Å²) in [6, 6.07) is 3.58. The molecule has 1 saturated heterocycles. The number of benzene rings is 1. The van der Waals surface area contributed by atoms with Gasteiger partial charge >= 0.3 is 0 Å². The minimum atomic E-state index is -0.537.